The van der Waals surface area contributed by atoms with Gasteiger partial charge in [0, 0.05) is 6.54 Å². The summed E-state index contributed by atoms with van der Waals surface area (Å²) in [6.45, 7) is 2.94. The first kappa shape index (κ1) is 17.5. The summed E-state index contributed by atoms with van der Waals surface area (Å²) in [6.07, 6.45) is 9.90. The van der Waals surface area contributed by atoms with E-state index >= 15 is 0 Å². The van der Waals surface area contributed by atoms with E-state index in [2.05, 4.69) is 12.2 Å². The molecular weight excluding hydrogens is 269 g/mol. The Labute approximate surface area is 126 Å². The molecule has 0 fully saturated rings. The molecule has 118 valence electrons. The number of unbranched alkanes of at least 4 members (excludes halogenated alkanes) is 7. The molecule has 0 amide bonds. The van der Waals surface area contributed by atoms with Crippen LogP contribution < -0.4 is 5.32 Å². The Bertz CT molecular complexity index is 435. The lowest BCUT2D eigenvalue weighted by Gasteiger charge is -2.08. The molecule has 0 aliphatic rings. The normalized spacial score (nSPS) is 10.6. The lowest BCUT2D eigenvalue weighted by molar-refractivity contribution is 0.0696. The minimum atomic E-state index is -1.11. The van der Waals surface area contributed by atoms with Crippen LogP contribution in [0, 0.1) is 5.82 Å². The summed E-state index contributed by atoms with van der Waals surface area (Å²) < 4.78 is 13.6. The third-order valence-corrected chi connectivity index (χ3v) is 3.56. The molecule has 3 nitrogen and oxygen atoms in total. The van der Waals surface area contributed by atoms with Crippen molar-refractivity contribution in [3.8, 4) is 0 Å². The first-order valence-corrected chi connectivity index (χ1v) is 7.92. The Morgan fingerprint density at radius 3 is 2.29 bits per heavy atom. The Balaban J connectivity index is 2.14. The third kappa shape index (κ3) is 7.11. The molecule has 0 aliphatic carbocycles. The Morgan fingerprint density at radius 1 is 1.10 bits per heavy atom. The molecule has 2 N–H and O–H groups in total. The summed E-state index contributed by atoms with van der Waals surface area (Å²) in [7, 11) is 0. The van der Waals surface area contributed by atoms with Crippen LogP contribution in [0.25, 0.3) is 0 Å². The highest BCUT2D eigenvalue weighted by molar-refractivity contribution is 5.88. The van der Waals surface area contributed by atoms with E-state index in [1.54, 1.807) is 0 Å². The minimum absolute atomic E-state index is 0.0230. The number of carbonyl (C=O) groups is 1. The summed E-state index contributed by atoms with van der Waals surface area (Å²) in [5.74, 6) is -1.61. The second-order valence-corrected chi connectivity index (χ2v) is 5.40. The molecule has 0 saturated heterocycles. The molecule has 0 bridgehead atoms. The second-order valence-electron chi connectivity index (χ2n) is 5.40. The third-order valence-electron chi connectivity index (χ3n) is 3.56. The highest BCUT2D eigenvalue weighted by atomic mass is 19.1. The highest BCUT2D eigenvalue weighted by Crippen LogP contribution is 2.16. The fraction of sp³-hybridized carbons (Fsp3) is 0.588. The number of carboxylic acid groups (broad SMARTS) is 1. The van der Waals surface area contributed by atoms with E-state index < -0.39 is 11.8 Å². The van der Waals surface area contributed by atoms with E-state index in [0.717, 1.165) is 25.5 Å². The van der Waals surface area contributed by atoms with Gasteiger partial charge in [-0.3, -0.25) is 0 Å². The number of rotatable bonds is 11. The van der Waals surface area contributed by atoms with Crippen LogP contribution in [-0.4, -0.2) is 17.6 Å². The molecule has 1 rings (SSSR count). The molecule has 4 heteroatoms. The van der Waals surface area contributed by atoms with Crippen molar-refractivity contribution >= 4 is 11.7 Å². The number of aromatic carboxylic acids is 1. The van der Waals surface area contributed by atoms with Crippen LogP contribution in [-0.2, 0) is 0 Å². The SMILES string of the molecule is CCCCCCCCCCNc1ccc(C(=O)O)cc1F. The number of halogens is 1. The molecule has 0 aromatic heterocycles. The predicted molar refractivity (Wildman–Crippen MR) is 84.5 cm³/mol. The molecule has 1 aromatic carbocycles. The number of carboxylic acids is 1. The van der Waals surface area contributed by atoms with E-state index in [1.807, 2.05) is 0 Å². The Hall–Kier alpha value is -1.58. The largest absolute Gasteiger partial charge is 0.478 e. The van der Waals surface area contributed by atoms with Gasteiger partial charge in [-0.25, -0.2) is 9.18 Å². The molecule has 0 spiro atoms. The minimum Gasteiger partial charge on any atom is -0.478 e. The smallest absolute Gasteiger partial charge is 0.335 e. The maximum atomic E-state index is 13.6. The average molecular weight is 295 g/mol. The van der Waals surface area contributed by atoms with E-state index in [1.165, 1.54) is 50.7 Å². The van der Waals surface area contributed by atoms with Crippen molar-refractivity contribution in [2.75, 3.05) is 11.9 Å². The van der Waals surface area contributed by atoms with Gasteiger partial charge in [0.15, 0.2) is 0 Å². The molecule has 1 aromatic rings. The number of anilines is 1. The van der Waals surface area contributed by atoms with Crippen molar-refractivity contribution < 1.29 is 14.3 Å². The lowest BCUT2D eigenvalue weighted by Crippen LogP contribution is -2.05. The molecule has 0 radical (unpaired) electrons. The zero-order chi connectivity index (χ0) is 15.5. The van der Waals surface area contributed by atoms with Crippen molar-refractivity contribution in [1.29, 1.82) is 0 Å². The summed E-state index contributed by atoms with van der Waals surface area (Å²) in [6, 6.07) is 3.96. The molecule has 21 heavy (non-hydrogen) atoms. The number of hydrogen-bond acceptors (Lipinski definition) is 2. The van der Waals surface area contributed by atoms with Crippen LogP contribution in [0.1, 0.15) is 68.6 Å². The van der Waals surface area contributed by atoms with Gasteiger partial charge in [0.05, 0.1) is 11.3 Å². The Kier molecular flexibility index (Phi) is 8.48. The molecule has 0 aliphatic heterocycles. The zero-order valence-electron chi connectivity index (χ0n) is 12.8. The van der Waals surface area contributed by atoms with E-state index in [4.69, 9.17) is 5.11 Å². The Morgan fingerprint density at radius 2 is 1.71 bits per heavy atom. The van der Waals surface area contributed by atoms with Gasteiger partial charge in [-0.1, -0.05) is 51.9 Å². The van der Waals surface area contributed by atoms with Gasteiger partial charge < -0.3 is 10.4 Å². The molecule has 0 heterocycles. The van der Waals surface area contributed by atoms with Gasteiger partial charge in [-0.15, -0.1) is 0 Å². The van der Waals surface area contributed by atoms with E-state index in [0.29, 0.717) is 5.69 Å². The topological polar surface area (TPSA) is 49.3 Å². The first-order chi connectivity index (χ1) is 10.1. The van der Waals surface area contributed by atoms with Crippen molar-refractivity contribution in [2.45, 2.75) is 58.3 Å². The lowest BCUT2D eigenvalue weighted by atomic mass is 10.1. The van der Waals surface area contributed by atoms with Crippen LogP contribution in [0.2, 0.25) is 0 Å². The van der Waals surface area contributed by atoms with Gasteiger partial charge >= 0.3 is 5.97 Å². The summed E-state index contributed by atoms with van der Waals surface area (Å²) in [5, 5.41) is 11.8. The standard InChI is InChI=1S/C17H26FNO2/c1-2-3-4-5-6-7-8-9-12-19-16-11-10-14(17(20)21)13-15(16)18/h10-11,13,19H,2-9,12H2,1H3,(H,20,21). The number of benzene rings is 1. The van der Waals surface area contributed by atoms with Crippen molar-refractivity contribution in [3.63, 3.8) is 0 Å². The van der Waals surface area contributed by atoms with E-state index in [9.17, 15) is 9.18 Å². The molecule has 0 atom stereocenters. The van der Waals surface area contributed by atoms with Gasteiger partial charge in [-0.2, -0.15) is 0 Å². The van der Waals surface area contributed by atoms with E-state index in [-0.39, 0.29) is 5.56 Å². The van der Waals surface area contributed by atoms with Crippen LogP contribution in [0.5, 0.6) is 0 Å². The predicted octanol–water partition coefficient (Wildman–Crippen LogP) is 5.08. The van der Waals surface area contributed by atoms with Crippen molar-refractivity contribution in [2.24, 2.45) is 0 Å². The summed E-state index contributed by atoms with van der Waals surface area (Å²) >= 11 is 0. The van der Waals surface area contributed by atoms with Gasteiger partial charge in [-0.05, 0) is 24.6 Å². The van der Waals surface area contributed by atoms with Gasteiger partial charge in [0.25, 0.3) is 0 Å². The number of hydrogen-bond donors (Lipinski definition) is 2. The monoisotopic (exact) mass is 295 g/mol. The maximum Gasteiger partial charge on any atom is 0.335 e. The fourth-order valence-corrected chi connectivity index (χ4v) is 2.27. The quantitative estimate of drug-likeness (QED) is 0.560. The highest BCUT2D eigenvalue weighted by Gasteiger charge is 2.07. The van der Waals surface area contributed by atoms with Crippen LogP contribution in [0.15, 0.2) is 18.2 Å². The summed E-state index contributed by atoms with van der Waals surface area (Å²) in [5.41, 5.74) is 0.355. The van der Waals surface area contributed by atoms with Gasteiger partial charge in [0.2, 0.25) is 0 Å². The van der Waals surface area contributed by atoms with Crippen LogP contribution >= 0.6 is 0 Å². The maximum absolute atomic E-state index is 13.6. The molecule has 0 unspecified atom stereocenters. The molecule has 0 saturated carbocycles. The zero-order valence-corrected chi connectivity index (χ0v) is 12.8. The fourth-order valence-electron chi connectivity index (χ4n) is 2.27. The average Bonchev–Trinajstić information content (AvgIpc) is 2.46. The molecular formula is C17H26FNO2. The van der Waals surface area contributed by atoms with Crippen LogP contribution in [0.3, 0.4) is 0 Å². The first-order valence-electron chi connectivity index (χ1n) is 7.92. The van der Waals surface area contributed by atoms with Crippen molar-refractivity contribution in [1.82, 2.24) is 0 Å². The number of nitrogens with one attached hydrogen (secondary N) is 1. The van der Waals surface area contributed by atoms with Crippen LogP contribution in [0.4, 0.5) is 10.1 Å². The van der Waals surface area contributed by atoms with Gasteiger partial charge in [0.1, 0.15) is 5.82 Å². The van der Waals surface area contributed by atoms with Crippen molar-refractivity contribution in [3.05, 3.63) is 29.6 Å². The second kappa shape index (κ2) is 10.2. The summed E-state index contributed by atoms with van der Waals surface area (Å²) in [4.78, 5) is 10.7.